The molecule has 26 heavy (non-hydrogen) atoms. The van der Waals surface area contributed by atoms with Crippen LogP contribution in [0.25, 0.3) is 0 Å². The molecule has 0 bridgehead atoms. The number of rotatable bonds is 9. The first kappa shape index (κ1) is 20.1. The van der Waals surface area contributed by atoms with Crippen LogP contribution >= 0.6 is 0 Å². The van der Waals surface area contributed by atoms with Gasteiger partial charge in [0.05, 0.1) is 4.90 Å². The molecule has 140 valence electrons. The lowest BCUT2D eigenvalue weighted by Crippen LogP contribution is -2.27. The second-order valence-corrected chi connectivity index (χ2v) is 8.04. The number of nitrogens with one attached hydrogen (secondary N) is 1. The molecule has 2 aromatic rings. The molecule has 0 radical (unpaired) electrons. The Kier molecular flexibility index (Phi) is 7.36. The van der Waals surface area contributed by atoms with Gasteiger partial charge in [-0.05, 0) is 36.2 Å². The largest absolute Gasteiger partial charge is 0.337 e. The third-order valence-electron chi connectivity index (χ3n) is 4.09. The lowest BCUT2D eigenvalue weighted by molar-refractivity contribution is 0.0785. The zero-order valence-corrected chi connectivity index (χ0v) is 16.1. The van der Waals surface area contributed by atoms with Gasteiger partial charge in [0.25, 0.3) is 5.91 Å². The van der Waals surface area contributed by atoms with Gasteiger partial charge in [0.1, 0.15) is 0 Å². The second-order valence-electron chi connectivity index (χ2n) is 6.28. The van der Waals surface area contributed by atoms with Crippen molar-refractivity contribution in [2.75, 3.05) is 13.6 Å². The third kappa shape index (κ3) is 5.68. The number of benzene rings is 2. The van der Waals surface area contributed by atoms with Gasteiger partial charge in [0.15, 0.2) is 0 Å². The first-order valence-electron chi connectivity index (χ1n) is 8.83. The van der Waals surface area contributed by atoms with Gasteiger partial charge >= 0.3 is 0 Å². The van der Waals surface area contributed by atoms with E-state index in [4.69, 9.17) is 0 Å². The number of carbonyl (C=O) groups excluding carboxylic acids is 1. The first-order valence-corrected chi connectivity index (χ1v) is 10.3. The van der Waals surface area contributed by atoms with Crippen molar-refractivity contribution in [1.82, 2.24) is 9.62 Å². The molecule has 0 aliphatic carbocycles. The van der Waals surface area contributed by atoms with Gasteiger partial charge in [-0.3, -0.25) is 4.79 Å². The molecule has 1 amide bonds. The van der Waals surface area contributed by atoms with Crippen LogP contribution in [0.3, 0.4) is 0 Å². The van der Waals surface area contributed by atoms with E-state index in [0.29, 0.717) is 18.7 Å². The number of unbranched alkanes of at least 4 members (excludes halogenated alkanes) is 2. The Hall–Kier alpha value is -2.18. The summed E-state index contributed by atoms with van der Waals surface area (Å²) in [5.74, 6) is -0.145. The fourth-order valence-electron chi connectivity index (χ4n) is 2.59. The van der Waals surface area contributed by atoms with E-state index in [-0.39, 0.29) is 10.8 Å². The summed E-state index contributed by atoms with van der Waals surface area (Å²) in [4.78, 5) is 14.3. The summed E-state index contributed by atoms with van der Waals surface area (Å²) in [5, 5.41) is 0. The Labute approximate surface area is 156 Å². The molecule has 0 aliphatic rings. The van der Waals surface area contributed by atoms with Crippen LogP contribution in [0.15, 0.2) is 59.5 Å². The monoisotopic (exact) mass is 374 g/mol. The van der Waals surface area contributed by atoms with Crippen molar-refractivity contribution in [3.05, 3.63) is 65.7 Å². The summed E-state index contributed by atoms with van der Waals surface area (Å²) in [6.07, 6.45) is 2.84. The summed E-state index contributed by atoms with van der Waals surface area (Å²) < 4.78 is 27.1. The van der Waals surface area contributed by atoms with Crippen molar-refractivity contribution in [3.63, 3.8) is 0 Å². The summed E-state index contributed by atoms with van der Waals surface area (Å²) in [6.45, 7) is 2.99. The summed E-state index contributed by atoms with van der Waals surface area (Å²) in [5.41, 5.74) is 1.51. The zero-order valence-electron chi connectivity index (χ0n) is 15.3. The van der Waals surface area contributed by atoms with Crippen molar-refractivity contribution in [2.24, 2.45) is 0 Å². The molecule has 1 N–H and O–H groups in total. The van der Waals surface area contributed by atoms with E-state index in [1.54, 1.807) is 24.1 Å². The summed E-state index contributed by atoms with van der Waals surface area (Å²) in [6, 6.07) is 15.8. The molecule has 5 nitrogen and oxygen atoms in total. The van der Waals surface area contributed by atoms with Gasteiger partial charge in [-0.25, -0.2) is 13.1 Å². The summed E-state index contributed by atoms with van der Waals surface area (Å²) in [7, 11) is -1.80. The van der Waals surface area contributed by atoms with E-state index in [0.717, 1.165) is 24.8 Å². The first-order chi connectivity index (χ1) is 12.4. The molecule has 0 unspecified atom stereocenters. The predicted molar refractivity (Wildman–Crippen MR) is 103 cm³/mol. The van der Waals surface area contributed by atoms with Gasteiger partial charge < -0.3 is 4.90 Å². The molecule has 0 fully saturated rings. The Bertz CT molecular complexity index is 803. The van der Waals surface area contributed by atoms with E-state index in [2.05, 4.69) is 11.6 Å². The number of hydrogen-bond acceptors (Lipinski definition) is 3. The smallest absolute Gasteiger partial charge is 0.253 e. The van der Waals surface area contributed by atoms with Gasteiger partial charge in [0, 0.05) is 25.7 Å². The minimum Gasteiger partial charge on any atom is -0.337 e. The van der Waals surface area contributed by atoms with Crippen LogP contribution < -0.4 is 4.72 Å². The highest BCUT2D eigenvalue weighted by Crippen LogP contribution is 2.13. The lowest BCUT2D eigenvalue weighted by Gasteiger charge is -2.17. The van der Waals surface area contributed by atoms with Crippen LogP contribution in [0.5, 0.6) is 0 Å². The molecule has 2 aromatic carbocycles. The standard InChI is InChI=1S/C20H26N2O3S/c1-3-4-8-15-21-26(24,25)19-13-11-18(12-14-19)20(23)22(2)16-17-9-6-5-7-10-17/h5-7,9-14,21H,3-4,8,15-16H2,1-2H3. The number of hydrogen-bond donors (Lipinski definition) is 1. The van der Waals surface area contributed by atoms with Crippen LogP contribution in [-0.4, -0.2) is 32.8 Å². The topological polar surface area (TPSA) is 66.5 Å². The number of nitrogens with zero attached hydrogens (tertiary/aromatic N) is 1. The van der Waals surface area contributed by atoms with Crippen LogP contribution in [0, 0.1) is 0 Å². The van der Waals surface area contributed by atoms with Crippen molar-refractivity contribution < 1.29 is 13.2 Å². The van der Waals surface area contributed by atoms with E-state index < -0.39 is 10.0 Å². The number of amides is 1. The lowest BCUT2D eigenvalue weighted by atomic mass is 10.1. The maximum atomic E-state index is 12.5. The maximum Gasteiger partial charge on any atom is 0.253 e. The van der Waals surface area contributed by atoms with Gasteiger partial charge in [0.2, 0.25) is 10.0 Å². The molecular formula is C20H26N2O3S. The molecule has 0 aliphatic heterocycles. The minimum atomic E-state index is -3.53. The Morgan fingerprint density at radius 2 is 1.65 bits per heavy atom. The highest BCUT2D eigenvalue weighted by Gasteiger charge is 2.16. The third-order valence-corrected chi connectivity index (χ3v) is 5.57. The molecule has 6 heteroatoms. The number of sulfonamides is 1. The zero-order chi connectivity index (χ0) is 19.0. The average molecular weight is 375 g/mol. The van der Waals surface area contributed by atoms with Gasteiger partial charge in [-0.1, -0.05) is 50.1 Å². The van der Waals surface area contributed by atoms with Crippen LogP contribution in [0.2, 0.25) is 0 Å². The highest BCUT2D eigenvalue weighted by molar-refractivity contribution is 7.89. The molecular weight excluding hydrogens is 348 g/mol. The highest BCUT2D eigenvalue weighted by atomic mass is 32.2. The van der Waals surface area contributed by atoms with Gasteiger partial charge in [-0.2, -0.15) is 0 Å². The van der Waals surface area contributed by atoms with Crippen LogP contribution in [0.4, 0.5) is 0 Å². The fraction of sp³-hybridized carbons (Fsp3) is 0.350. The van der Waals surface area contributed by atoms with E-state index in [1.165, 1.54) is 12.1 Å². The Morgan fingerprint density at radius 3 is 2.27 bits per heavy atom. The molecule has 0 saturated heterocycles. The van der Waals surface area contributed by atoms with E-state index in [9.17, 15) is 13.2 Å². The SMILES string of the molecule is CCCCCNS(=O)(=O)c1ccc(C(=O)N(C)Cc2ccccc2)cc1. The molecule has 0 spiro atoms. The van der Waals surface area contributed by atoms with Crippen molar-refractivity contribution in [2.45, 2.75) is 37.6 Å². The van der Waals surface area contributed by atoms with Crippen LogP contribution in [-0.2, 0) is 16.6 Å². The van der Waals surface area contributed by atoms with Crippen molar-refractivity contribution >= 4 is 15.9 Å². The predicted octanol–water partition coefficient (Wildman–Crippen LogP) is 3.43. The normalized spacial score (nSPS) is 11.3. The average Bonchev–Trinajstić information content (AvgIpc) is 2.65. The number of carbonyl (C=O) groups is 1. The molecule has 0 aromatic heterocycles. The molecule has 0 heterocycles. The van der Waals surface area contributed by atoms with E-state index >= 15 is 0 Å². The fourth-order valence-corrected chi connectivity index (χ4v) is 3.67. The van der Waals surface area contributed by atoms with Crippen molar-refractivity contribution in [1.29, 1.82) is 0 Å². The van der Waals surface area contributed by atoms with Crippen molar-refractivity contribution in [3.8, 4) is 0 Å². The molecule has 0 saturated carbocycles. The Balaban J connectivity index is 2.00. The maximum absolute atomic E-state index is 12.5. The van der Waals surface area contributed by atoms with E-state index in [1.807, 2.05) is 30.3 Å². The Morgan fingerprint density at radius 1 is 1.00 bits per heavy atom. The molecule has 0 atom stereocenters. The quantitative estimate of drug-likeness (QED) is 0.684. The van der Waals surface area contributed by atoms with Crippen LogP contribution in [0.1, 0.15) is 42.1 Å². The minimum absolute atomic E-state index is 0.145. The second kappa shape index (κ2) is 9.50. The summed E-state index contributed by atoms with van der Waals surface area (Å²) >= 11 is 0. The van der Waals surface area contributed by atoms with Gasteiger partial charge in [-0.15, -0.1) is 0 Å². The molecule has 2 rings (SSSR count).